The second-order valence-corrected chi connectivity index (χ2v) is 5.38. The molecule has 1 heterocycles. The van der Waals surface area contributed by atoms with E-state index in [9.17, 15) is 0 Å². The van der Waals surface area contributed by atoms with Crippen molar-refractivity contribution in [2.45, 2.75) is 25.7 Å². The number of ether oxygens (including phenoxy) is 1. The molecule has 4 nitrogen and oxygen atoms in total. The zero-order valence-electron chi connectivity index (χ0n) is 11.4. The molecule has 1 aromatic carbocycles. The van der Waals surface area contributed by atoms with Gasteiger partial charge in [0, 0.05) is 5.39 Å². The number of para-hydroxylation sites is 1. The minimum atomic E-state index is 0.00176. The van der Waals surface area contributed by atoms with Crippen LogP contribution >= 0.6 is 0 Å². The van der Waals surface area contributed by atoms with Crippen molar-refractivity contribution in [3.63, 3.8) is 0 Å². The lowest BCUT2D eigenvalue weighted by Crippen LogP contribution is -2.17. The summed E-state index contributed by atoms with van der Waals surface area (Å²) >= 11 is 0. The Morgan fingerprint density at radius 1 is 1.35 bits per heavy atom. The highest BCUT2D eigenvalue weighted by atomic mass is 16.5. The number of pyridine rings is 1. The molecule has 104 valence electrons. The lowest BCUT2D eigenvalue weighted by Gasteiger charge is -2.25. The average molecular weight is 269 g/mol. The Labute approximate surface area is 118 Å². The number of amidine groups is 1. The van der Waals surface area contributed by atoms with Crippen LogP contribution in [-0.4, -0.2) is 17.4 Å². The molecule has 1 saturated carbocycles. The van der Waals surface area contributed by atoms with Crippen molar-refractivity contribution >= 4 is 16.7 Å². The Balaban J connectivity index is 1.82. The molecule has 4 heteroatoms. The zero-order chi connectivity index (χ0) is 13.9. The van der Waals surface area contributed by atoms with Gasteiger partial charge in [0.15, 0.2) is 0 Å². The highest BCUT2D eigenvalue weighted by molar-refractivity contribution is 6.00. The molecule has 0 atom stereocenters. The minimum absolute atomic E-state index is 0.00176. The zero-order valence-corrected chi connectivity index (χ0v) is 11.4. The van der Waals surface area contributed by atoms with Gasteiger partial charge in [-0.3, -0.25) is 5.41 Å². The third kappa shape index (κ3) is 2.59. The topological polar surface area (TPSA) is 72.0 Å². The van der Waals surface area contributed by atoms with E-state index in [-0.39, 0.29) is 5.84 Å². The molecule has 3 rings (SSSR count). The molecular formula is C16H19N3O. The number of rotatable bonds is 5. The maximum atomic E-state index is 7.68. The van der Waals surface area contributed by atoms with Gasteiger partial charge < -0.3 is 10.5 Å². The normalized spacial score (nSPS) is 15.0. The van der Waals surface area contributed by atoms with Crippen LogP contribution in [0.15, 0.2) is 30.3 Å². The maximum Gasteiger partial charge on any atom is 0.225 e. The second kappa shape index (κ2) is 5.49. The summed E-state index contributed by atoms with van der Waals surface area (Å²) in [7, 11) is 0. The highest BCUT2D eigenvalue weighted by Crippen LogP contribution is 2.29. The first kappa shape index (κ1) is 12.9. The Bertz CT molecular complexity index is 635. The standard InChI is InChI=1S/C16H19N3O/c17-15(18)13-10-12-6-1-2-7-14(12)19-16(13)20-9-8-11-4-3-5-11/h1-2,6-7,10-11H,3-5,8-9H2,(H3,17,18). The van der Waals surface area contributed by atoms with E-state index >= 15 is 0 Å². The lowest BCUT2D eigenvalue weighted by atomic mass is 9.83. The molecule has 1 aliphatic carbocycles. The van der Waals surface area contributed by atoms with Gasteiger partial charge >= 0.3 is 0 Å². The summed E-state index contributed by atoms with van der Waals surface area (Å²) in [6.07, 6.45) is 5.03. The van der Waals surface area contributed by atoms with Crippen LogP contribution in [0.4, 0.5) is 0 Å². The van der Waals surface area contributed by atoms with Gasteiger partial charge in [-0.15, -0.1) is 0 Å². The van der Waals surface area contributed by atoms with Crippen molar-refractivity contribution in [3.05, 3.63) is 35.9 Å². The molecule has 0 radical (unpaired) electrons. The lowest BCUT2D eigenvalue weighted by molar-refractivity contribution is 0.217. The molecule has 0 aliphatic heterocycles. The second-order valence-electron chi connectivity index (χ2n) is 5.38. The smallest absolute Gasteiger partial charge is 0.225 e. The Morgan fingerprint density at radius 3 is 2.85 bits per heavy atom. The van der Waals surface area contributed by atoms with E-state index in [0.717, 1.165) is 23.2 Å². The van der Waals surface area contributed by atoms with E-state index in [1.807, 2.05) is 30.3 Å². The number of hydrogen-bond donors (Lipinski definition) is 2. The third-order valence-electron chi connectivity index (χ3n) is 3.97. The van der Waals surface area contributed by atoms with Gasteiger partial charge in [0.2, 0.25) is 5.88 Å². The molecule has 2 aromatic rings. The monoisotopic (exact) mass is 269 g/mol. The summed E-state index contributed by atoms with van der Waals surface area (Å²) in [6.45, 7) is 0.649. The number of nitrogens with zero attached hydrogens (tertiary/aromatic N) is 1. The fraction of sp³-hybridized carbons (Fsp3) is 0.375. The number of benzene rings is 1. The van der Waals surface area contributed by atoms with Crippen LogP contribution in [0.25, 0.3) is 10.9 Å². The van der Waals surface area contributed by atoms with Gasteiger partial charge in [-0.2, -0.15) is 0 Å². The van der Waals surface area contributed by atoms with Gasteiger partial charge in [0.05, 0.1) is 17.7 Å². The first-order valence-corrected chi connectivity index (χ1v) is 7.11. The molecule has 20 heavy (non-hydrogen) atoms. The number of hydrogen-bond acceptors (Lipinski definition) is 3. The molecule has 0 saturated heterocycles. The number of nitrogens with one attached hydrogen (secondary N) is 1. The van der Waals surface area contributed by atoms with Gasteiger partial charge in [-0.25, -0.2) is 4.98 Å². The number of aromatic nitrogens is 1. The van der Waals surface area contributed by atoms with Crippen LogP contribution in [-0.2, 0) is 0 Å². The highest BCUT2D eigenvalue weighted by Gasteiger charge is 2.18. The fourth-order valence-corrected chi connectivity index (χ4v) is 2.50. The quantitative estimate of drug-likeness (QED) is 0.647. The summed E-state index contributed by atoms with van der Waals surface area (Å²) in [5, 5.41) is 8.65. The van der Waals surface area contributed by atoms with E-state index in [1.54, 1.807) is 0 Å². The number of nitrogens with two attached hydrogens (primary N) is 1. The molecule has 1 aliphatic rings. The van der Waals surface area contributed by atoms with E-state index in [2.05, 4.69) is 4.98 Å². The van der Waals surface area contributed by atoms with Crippen LogP contribution < -0.4 is 10.5 Å². The van der Waals surface area contributed by atoms with E-state index in [4.69, 9.17) is 15.9 Å². The summed E-state index contributed by atoms with van der Waals surface area (Å²) in [4.78, 5) is 4.49. The van der Waals surface area contributed by atoms with Crippen LogP contribution in [0.5, 0.6) is 5.88 Å². The molecular weight excluding hydrogens is 250 g/mol. The van der Waals surface area contributed by atoms with Crippen molar-refractivity contribution in [1.82, 2.24) is 4.98 Å². The van der Waals surface area contributed by atoms with E-state index < -0.39 is 0 Å². The molecule has 0 spiro atoms. The van der Waals surface area contributed by atoms with Crippen molar-refractivity contribution in [2.24, 2.45) is 11.7 Å². The number of fused-ring (bicyclic) bond motifs is 1. The Morgan fingerprint density at radius 2 is 2.15 bits per heavy atom. The predicted molar refractivity (Wildman–Crippen MR) is 80.2 cm³/mol. The maximum absolute atomic E-state index is 7.68. The van der Waals surface area contributed by atoms with E-state index in [0.29, 0.717) is 18.1 Å². The largest absolute Gasteiger partial charge is 0.477 e. The Kier molecular flexibility index (Phi) is 3.54. The minimum Gasteiger partial charge on any atom is -0.477 e. The van der Waals surface area contributed by atoms with Crippen molar-refractivity contribution < 1.29 is 4.74 Å². The van der Waals surface area contributed by atoms with Crippen molar-refractivity contribution in [2.75, 3.05) is 6.61 Å². The van der Waals surface area contributed by atoms with Crippen molar-refractivity contribution in [3.8, 4) is 5.88 Å². The SMILES string of the molecule is N=C(N)c1cc2ccccc2nc1OCCC1CCC1. The van der Waals surface area contributed by atoms with Gasteiger partial charge in [0.1, 0.15) is 5.84 Å². The summed E-state index contributed by atoms with van der Waals surface area (Å²) in [6, 6.07) is 9.68. The Hall–Kier alpha value is -2.10. The summed E-state index contributed by atoms with van der Waals surface area (Å²) in [5.74, 6) is 1.29. The molecule has 0 unspecified atom stereocenters. The third-order valence-corrected chi connectivity index (χ3v) is 3.97. The first-order chi connectivity index (χ1) is 9.74. The van der Waals surface area contributed by atoms with Crippen molar-refractivity contribution in [1.29, 1.82) is 5.41 Å². The van der Waals surface area contributed by atoms with Crippen LogP contribution in [0.1, 0.15) is 31.2 Å². The van der Waals surface area contributed by atoms with Gasteiger partial charge in [0.25, 0.3) is 0 Å². The van der Waals surface area contributed by atoms with Crippen LogP contribution in [0.3, 0.4) is 0 Å². The summed E-state index contributed by atoms with van der Waals surface area (Å²) in [5.41, 5.74) is 7.09. The fourth-order valence-electron chi connectivity index (χ4n) is 2.50. The predicted octanol–water partition coefficient (Wildman–Crippen LogP) is 3.09. The van der Waals surface area contributed by atoms with E-state index in [1.165, 1.54) is 19.3 Å². The molecule has 1 fully saturated rings. The first-order valence-electron chi connectivity index (χ1n) is 7.11. The number of nitrogen functional groups attached to an aromatic ring is 1. The molecule has 0 bridgehead atoms. The molecule has 3 N–H and O–H groups in total. The average Bonchev–Trinajstić information content (AvgIpc) is 2.40. The van der Waals surface area contributed by atoms with Crippen LogP contribution in [0, 0.1) is 11.3 Å². The molecule has 1 aromatic heterocycles. The van der Waals surface area contributed by atoms with Gasteiger partial charge in [-0.1, -0.05) is 37.5 Å². The molecule has 0 amide bonds. The summed E-state index contributed by atoms with van der Waals surface area (Å²) < 4.78 is 5.78. The van der Waals surface area contributed by atoms with Crippen LogP contribution in [0.2, 0.25) is 0 Å². The van der Waals surface area contributed by atoms with Gasteiger partial charge in [-0.05, 0) is 24.5 Å².